The van der Waals surface area contributed by atoms with Gasteiger partial charge in [0.1, 0.15) is 12.6 Å². The van der Waals surface area contributed by atoms with Crippen LogP contribution in [0.1, 0.15) is 12.8 Å². The molecule has 2 fully saturated rings. The molecule has 2 heterocycles. The third-order valence-electron chi connectivity index (χ3n) is 3.62. The van der Waals surface area contributed by atoms with Crippen LogP contribution in [0.2, 0.25) is 10.0 Å². The summed E-state index contributed by atoms with van der Waals surface area (Å²) >= 11 is 12.0. The van der Waals surface area contributed by atoms with Crippen molar-refractivity contribution in [1.29, 1.82) is 0 Å². The number of nitrogens with zero attached hydrogens (tertiary/aromatic N) is 2. The molecule has 1 aromatic carbocycles. The van der Waals surface area contributed by atoms with Crippen LogP contribution in [0.3, 0.4) is 0 Å². The topological polar surface area (TPSA) is 40.6 Å². The van der Waals surface area contributed by atoms with Crippen molar-refractivity contribution in [3.05, 3.63) is 28.2 Å². The van der Waals surface area contributed by atoms with Crippen LogP contribution in [0.15, 0.2) is 18.2 Å². The lowest BCUT2D eigenvalue weighted by atomic mass is 10.1. The first kappa shape index (κ1) is 12.8. The van der Waals surface area contributed by atoms with Crippen molar-refractivity contribution in [1.82, 2.24) is 4.90 Å². The molecule has 0 bridgehead atoms. The Kier molecular flexibility index (Phi) is 3.15. The zero-order valence-corrected chi connectivity index (χ0v) is 11.6. The summed E-state index contributed by atoms with van der Waals surface area (Å²) in [5.74, 6) is -0.0978. The van der Waals surface area contributed by atoms with E-state index in [0.717, 1.165) is 12.8 Å². The van der Waals surface area contributed by atoms with Crippen LogP contribution in [-0.2, 0) is 9.59 Å². The van der Waals surface area contributed by atoms with E-state index in [-0.39, 0.29) is 24.4 Å². The van der Waals surface area contributed by atoms with Crippen molar-refractivity contribution < 1.29 is 9.59 Å². The Morgan fingerprint density at radius 2 is 2.00 bits per heavy atom. The molecule has 0 spiro atoms. The predicted octanol–water partition coefficient (Wildman–Crippen LogP) is 2.33. The highest BCUT2D eigenvalue weighted by Crippen LogP contribution is 2.33. The largest absolute Gasteiger partial charge is 0.329 e. The number of piperazine rings is 1. The van der Waals surface area contributed by atoms with Crippen LogP contribution in [-0.4, -0.2) is 35.8 Å². The van der Waals surface area contributed by atoms with Gasteiger partial charge >= 0.3 is 0 Å². The number of benzene rings is 1. The molecular weight excluding hydrogens is 287 g/mol. The second kappa shape index (κ2) is 4.69. The van der Waals surface area contributed by atoms with Crippen LogP contribution in [0.4, 0.5) is 5.69 Å². The molecule has 3 rings (SSSR count). The van der Waals surface area contributed by atoms with Crippen LogP contribution in [0.25, 0.3) is 0 Å². The number of carbonyl (C=O) groups is 2. The maximum atomic E-state index is 12.4. The standard InChI is InChI=1S/C13H12Cl2N2O2/c14-8-3-4-9(15)11(6-8)17-7-12(18)16-5-1-2-10(16)13(17)19/h3-4,6,10H,1-2,5,7H2. The monoisotopic (exact) mass is 298 g/mol. The Morgan fingerprint density at radius 3 is 2.79 bits per heavy atom. The molecule has 2 aliphatic rings. The van der Waals surface area contributed by atoms with Crippen LogP contribution >= 0.6 is 23.2 Å². The van der Waals surface area contributed by atoms with Crippen LogP contribution in [0, 0.1) is 0 Å². The molecule has 19 heavy (non-hydrogen) atoms. The number of anilines is 1. The van der Waals surface area contributed by atoms with Crippen LogP contribution in [0.5, 0.6) is 0 Å². The summed E-state index contributed by atoms with van der Waals surface area (Å²) in [5.41, 5.74) is 0.513. The minimum absolute atomic E-state index is 0.0295. The smallest absolute Gasteiger partial charge is 0.250 e. The lowest BCUT2D eigenvalue weighted by Crippen LogP contribution is -2.57. The summed E-state index contributed by atoms with van der Waals surface area (Å²) in [7, 11) is 0. The molecule has 0 N–H and O–H groups in total. The quantitative estimate of drug-likeness (QED) is 0.798. The number of carbonyl (C=O) groups excluding carboxylic acids is 2. The van der Waals surface area contributed by atoms with Gasteiger partial charge in [-0.05, 0) is 31.0 Å². The van der Waals surface area contributed by atoms with E-state index in [1.165, 1.54) is 4.90 Å². The number of halogens is 2. The summed E-state index contributed by atoms with van der Waals surface area (Å²) in [4.78, 5) is 27.6. The van der Waals surface area contributed by atoms with E-state index in [2.05, 4.69) is 0 Å². The first-order chi connectivity index (χ1) is 9.08. The Morgan fingerprint density at radius 1 is 1.21 bits per heavy atom. The Bertz CT molecular complexity index is 562. The number of fused-ring (bicyclic) bond motifs is 1. The Hall–Kier alpha value is -1.26. The molecule has 2 aliphatic heterocycles. The Labute approximate surface area is 120 Å². The first-order valence-corrected chi connectivity index (χ1v) is 6.89. The lowest BCUT2D eigenvalue weighted by molar-refractivity contribution is -0.140. The summed E-state index contributed by atoms with van der Waals surface area (Å²) in [6.07, 6.45) is 1.60. The van der Waals surface area contributed by atoms with Gasteiger partial charge in [0, 0.05) is 11.6 Å². The zero-order chi connectivity index (χ0) is 13.6. The van der Waals surface area contributed by atoms with Gasteiger partial charge in [0.05, 0.1) is 10.7 Å². The third kappa shape index (κ3) is 2.09. The van der Waals surface area contributed by atoms with E-state index in [0.29, 0.717) is 22.3 Å². The molecule has 0 aliphatic carbocycles. The minimum Gasteiger partial charge on any atom is -0.329 e. The molecule has 1 unspecified atom stereocenters. The average Bonchev–Trinajstić information content (AvgIpc) is 2.87. The van der Waals surface area contributed by atoms with Crippen molar-refractivity contribution in [3.8, 4) is 0 Å². The minimum atomic E-state index is -0.337. The van der Waals surface area contributed by atoms with E-state index < -0.39 is 0 Å². The zero-order valence-electron chi connectivity index (χ0n) is 10.1. The summed E-state index contributed by atoms with van der Waals surface area (Å²) in [6, 6.07) is 4.58. The highest BCUT2D eigenvalue weighted by Gasteiger charge is 2.42. The lowest BCUT2D eigenvalue weighted by Gasteiger charge is -2.36. The Balaban J connectivity index is 1.98. The molecule has 0 aromatic heterocycles. The average molecular weight is 299 g/mol. The van der Waals surface area contributed by atoms with Crippen LogP contribution < -0.4 is 4.90 Å². The second-order valence-corrected chi connectivity index (χ2v) is 5.61. The van der Waals surface area contributed by atoms with Crippen molar-refractivity contribution in [2.45, 2.75) is 18.9 Å². The van der Waals surface area contributed by atoms with Crippen molar-refractivity contribution in [2.75, 3.05) is 18.0 Å². The van der Waals surface area contributed by atoms with Gasteiger partial charge in [-0.15, -0.1) is 0 Å². The molecule has 1 aromatic rings. The summed E-state index contributed by atoms with van der Waals surface area (Å²) in [6.45, 7) is 0.710. The maximum Gasteiger partial charge on any atom is 0.250 e. The van der Waals surface area contributed by atoms with Gasteiger partial charge in [0.2, 0.25) is 11.8 Å². The van der Waals surface area contributed by atoms with Gasteiger partial charge in [-0.1, -0.05) is 23.2 Å². The molecule has 100 valence electrons. The van der Waals surface area contributed by atoms with E-state index in [1.54, 1.807) is 23.1 Å². The number of hydrogen-bond acceptors (Lipinski definition) is 2. The van der Waals surface area contributed by atoms with Gasteiger partial charge in [-0.2, -0.15) is 0 Å². The number of hydrogen-bond donors (Lipinski definition) is 0. The van der Waals surface area contributed by atoms with Gasteiger partial charge in [-0.25, -0.2) is 0 Å². The fraction of sp³-hybridized carbons (Fsp3) is 0.385. The molecule has 2 saturated heterocycles. The molecule has 2 amide bonds. The molecule has 6 heteroatoms. The van der Waals surface area contributed by atoms with Crippen molar-refractivity contribution >= 4 is 40.7 Å². The first-order valence-electron chi connectivity index (χ1n) is 6.14. The molecule has 0 saturated carbocycles. The summed E-state index contributed by atoms with van der Waals surface area (Å²) < 4.78 is 0. The third-order valence-corrected chi connectivity index (χ3v) is 4.17. The van der Waals surface area contributed by atoms with Crippen molar-refractivity contribution in [3.63, 3.8) is 0 Å². The van der Waals surface area contributed by atoms with Crippen molar-refractivity contribution in [2.24, 2.45) is 0 Å². The maximum absolute atomic E-state index is 12.4. The molecule has 0 radical (unpaired) electrons. The molecule has 4 nitrogen and oxygen atoms in total. The highest BCUT2D eigenvalue weighted by molar-refractivity contribution is 6.36. The van der Waals surface area contributed by atoms with E-state index >= 15 is 0 Å². The van der Waals surface area contributed by atoms with E-state index in [4.69, 9.17) is 23.2 Å². The highest BCUT2D eigenvalue weighted by atomic mass is 35.5. The fourth-order valence-corrected chi connectivity index (χ4v) is 3.09. The van der Waals surface area contributed by atoms with Gasteiger partial charge in [-0.3, -0.25) is 14.5 Å². The summed E-state index contributed by atoms with van der Waals surface area (Å²) in [5, 5.41) is 0.922. The van der Waals surface area contributed by atoms with E-state index in [1.807, 2.05) is 0 Å². The number of amides is 2. The predicted molar refractivity (Wildman–Crippen MR) is 73.6 cm³/mol. The molecular formula is C13H12Cl2N2O2. The fourth-order valence-electron chi connectivity index (χ4n) is 2.70. The second-order valence-electron chi connectivity index (χ2n) is 4.77. The normalized spacial score (nSPS) is 22.9. The van der Waals surface area contributed by atoms with Gasteiger partial charge in [0.15, 0.2) is 0 Å². The van der Waals surface area contributed by atoms with E-state index in [9.17, 15) is 9.59 Å². The number of rotatable bonds is 1. The SMILES string of the molecule is O=C1C2CCCN2C(=O)CN1c1cc(Cl)ccc1Cl. The molecule has 1 atom stereocenters. The van der Waals surface area contributed by atoms with Gasteiger partial charge < -0.3 is 4.90 Å². The van der Waals surface area contributed by atoms with Gasteiger partial charge in [0.25, 0.3) is 0 Å².